The number of ether oxygens (including phenoxy) is 2. The first-order valence-electron chi connectivity index (χ1n) is 8.94. The Morgan fingerprint density at radius 2 is 1.86 bits per heavy atom. The molecular formula is C20H22FN3O4. The van der Waals surface area contributed by atoms with Crippen molar-refractivity contribution in [2.45, 2.75) is 26.1 Å². The van der Waals surface area contributed by atoms with Crippen LogP contribution < -0.4 is 10.2 Å². The summed E-state index contributed by atoms with van der Waals surface area (Å²) in [4.78, 5) is 29.8. The van der Waals surface area contributed by atoms with Gasteiger partial charge >= 0.3 is 5.97 Å². The van der Waals surface area contributed by atoms with Gasteiger partial charge in [0.2, 0.25) is 0 Å². The molecule has 0 radical (unpaired) electrons. The maximum absolute atomic E-state index is 14.6. The maximum Gasteiger partial charge on any atom is 0.356 e. The number of nitrogens with zero attached hydrogens (tertiary/aromatic N) is 2. The summed E-state index contributed by atoms with van der Waals surface area (Å²) in [5, 5.41) is 2.59. The molecule has 28 heavy (non-hydrogen) atoms. The van der Waals surface area contributed by atoms with E-state index in [9.17, 15) is 14.0 Å². The molecule has 3 rings (SSSR count). The van der Waals surface area contributed by atoms with Gasteiger partial charge in [-0.3, -0.25) is 4.79 Å². The van der Waals surface area contributed by atoms with Crippen LogP contribution in [0.15, 0.2) is 36.4 Å². The molecule has 1 aromatic carbocycles. The van der Waals surface area contributed by atoms with E-state index in [1.54, 1.807) is 12.1 Å². The van der Waals surface area contributed by atoms with Crippen LogP contribution in [0.5, 0.6) is 0 Å². The minimum atomic E-state index is -0.640. The standard InChI is InChI=1S/C20H22FN3O4/c1-12-10-24(11-13(2)28-12)18-8-7-14(9-15(18)21)22-19(25)16-5-4-6-17(23-16)20(26)27-3/h4-9,12-13H,10-11H2,1-3H3,(H,22,25). The lowest BCUT2D eigenvalue weighted by Crippen LogP contribution is -2.45. The van der Waals surface area contributed by atoms with Crippen molar-refractivity contribution in [2.24, 2.45) is 0 Å². The molecule has 1 aliphatic rings. The number of hydrogen-bond acceptors (Lipinski definition) is 6. The average molecular weight is 387 g/mol. The van der Waals surface area contributed by atoms with E-state index < -0.39 is 17.7 Å². The van der Waals surface area contributed by atoms with Gasteiger partial charge in [-0.1, -0.05) is 6.07 Å². The molecule has 2 unspecified atom stereocenters. The Morgan fingerprint density at radius 3 is 2.50 bits per heavy atom. The van der Waals surface area contributed by atoms with Gasteiger partial charge in [0.15, 0.2) is 0 Å². The quantitative estimate of drug-likeness (QED) is 0.813. The molecule has 8 heteroatoms. The number of morpholine rings is 1. The van der Waals surface area contributed by atoms with Crippen LogP contribution >= 0.6 is 0 Å². The summed E-state index contributed by atoms with van der Waals surface area (Å²) in [5.74, 6) is -1.62. The second-order valence-corrected chi connectivity index (χ2v) is 6.68. The summed E-state index contributed by atoms with van der Waals surface area (Å²) < 4.78 is 24.9. The Balaban J connectivity index is 1.74. The van der Waals surface area contributed by atoms with Gasteiger partial charge in [-0.2, -0.15) is 0 Å². The number of rotatable bonds is 4. The molecule has 2 aromatic rings. The number of pyridine rings is 1. The number of aromatic nitrogens is 1. The summed E-state index contributed by atoms with van der Waals surface area (Å²) in [6.45, 7) is 5.09. The number of carbonyl (C=O) groups is 2. The zero-order valence-electron chi connectivity index (χ0n) is 15.9. The van der Waals surface area contributed by atoms with Gasteiger partial charge < -0.3 is 19.7 Å². The number of benzene rings is 1. The van der Waals surface area contributed by atoms with Crippen LogP contribution in [0.3, 0.4) is 0 Å². The van der Waals surface area contributed by atoms with E-state index in [-0.39, 0.29) is 23.6 Å². The SMILES string of the molecule is COC(=O)c1cccc(C(=O)Nc2ccc(N3CC(C)OC(C)C3)c(F)c2)n1. The molecule has 1 fully saturated rings. The first-order valence-corrected chi connectivity index (χ1v) is 8.94. The van der Waals surface area contributed by atoms with Crippen LogP contribution in [0.25, 0.3) is 0 Å². The summed E-state index contributed by atoms with van der Waals surface area (Å²) in [7, 11) is 1.23. The summed E-state index contributed by atoms with van der Waals surface area (Å²) in [5.41, 5.74) is 0.812. The predicted octanol–water partition coefficient (Wildman–Crippen LogP) is 2.87. The Labute approximate surface area is 162 Å². The molecule has 1 N–H and O–H groups in total. The summed E-state index contributed by atoms with van der Waals surface area (Å²) in [6, 6.07) is 8.96. The molecule has 1 aliphatic heterocycles. The van der Waals surface area contributed by atoms with Gasteiger partial charge in [-0.25, -0.2) is 14.2 Å². The summed E-state index contributed by atoms with van der Waals surface area (Å²) in [6.07, 6.45) is 0.0198. The molecule has 1 amide bonds. The van der Waals surface area contributed by atoms with E-state index in [2.05, 4.69) is 15.0 Å². The second kappa shape index (κ2) is 8.35. The normalized spacial score (nSPS) is 19.2. The van der Waals surface area contributed by atoms with E-state index >= 15 is 0 Å². The highest BCUT2D eigenvalue weighted by molar-refractivity contribution is 6.03. The highest BCUT2D eigenvalue weighted by Crippen LogP contribution is 2.26. The highest BCUT2D eigenvalue weighted by Gasteiger charge is 2.24. The number of nitrogens with one attached hydrogen (secondary N) is 1. The number of halogens is 1. The minimum absolute atomic E-state index is 0.00990. The molecule has 0 saturated carbocycles. The zero-order chi connectivity index (χ0) is 20.3. The number of methoxy groups -OCH3 is 1. The number of esters is 1. The monoisotopic (exact) mass is 387 g/mol. The van der Waals surface area contributed by atoms with Crippen molar-refractivity contribution in [2.75, 3.05) is 30.4 Å². The molecule has 148 valence electrons. The van der Waals surface area contributed by atoms with E-state index in [0.717, 1.165) is 0 Å². The van der Waals surface area contributed by atoms with Crippen LogP contribution in [-0.4, -0.2) is 49.3 Å². The van der Waals surface area contributed by atoms with Gasteiger partial charge in [-0.05, 0) is 44.2 Å². The molecule has 7 nitrogen and oxygen atoms in total. The average Bonchev–Trinajstić information content (AvgIpc) is 2.66. The van der Waals surface area contributed by atoms with Crippen molar-refractivity contribution in [3.05, 3.63) is 53.6 Å². The fraction of sp³-hybridized carbons (Fsp3) is 0.350. The number of carbonyl (C=O) groups excluding carboxylic acids is 2. The van der Waals surface area contributed by atoms with Gasteiger partial charge in [-0.15, -0.1) is 0 Å². The van der Waals surface area contributed by atoms with Crippen LogP contribution in [0, 0.1) is 5.82 Å². The number of hydrogen-bond donors (Lipinski definition) is 1. The Morgan fingerprint density at radius 1 is 1.18 bits per heavy atom. The van der Waals surface area contributed by atoms with Gasteiger partial charge in [0.25, 0.3) is 5.91 Å². The Kier molecular flexibility index (Phi) is 5.89. The van der Waals surface area contributed by atoms with Gasteiger partial charge in [0.1, 0.15) is 17.2 Å². The first kappa shape index (κ1) is 19.8. The third-order valence-corrected chi connectivity index (χ3v) is 4.34. The molecule has 0 spiro atoms. The van der Waals surface area contributed by atoms with Crippen LogP contribution in [0.4, 0.5) is 15.8 Å². The Bertz CT molecular complexity index is 880. The van der Waals surface area contributed by atoms with Crippen molar-refractivity contribution in [1.29, 1.82) is 0 Å². The van der Waals surface area contributed by atoms with E-state index in [1.807, 2.05) is 18.7 Å². The van der Waals surface area contributed by atoms with Gasteiger partial charge in [0, 0.05) is 18.8 Å². The third-order valence-electron chi connectivity index (χ3n) is 4.34. The van der Waals surface area contributed by atoms with Crippen molar-refractivity contribution >= 4 is 23.3 Å². The van der Waals surface area contributed by atoms with E-state index in [0.29, 0.717) is 24.5 Å². The van der Waals surface area contributed by atoms with Crippen molar-refractivity contribution in [3.63, 3.8) is 0 Å². The molecule has 2 atom stereocenters. The number of anilines is 2. The van der Waals surface area contributed by atoms with Gasteiger partial charge in [0.05, 0.1) is 25.0 Å². The van der Waals surface area contributed by atoms with Crippen LogP contribution in [-0.2, 0) is 9.47 Å². The lowest BCUT2D eigenvalue weighted by atomic mass is 10.1. The minimum Gasteiger partial charge on any atom is -0.464 e. The predicted molar refractivity (Wildman–Crippen MR) is 102 cm³/mol. The molecular weight excluding hydrogens is 365 g/mol. The fourth-order valence-corrected chi connectivity index (χ4v) is 3.19. The van der Waals surface area contributed by atoms with Crippen LogP contribution in [0.1, 0.15) is 34.8 Å². The van der Waals surface area contributed by atoms with Crippen LogP contribution in [0.2, 0.25) is 0 Å². The highest BCUT2D eigenvalue weighted by atomic mass is 19.1. The first-order chi connectivity index (χ1) is 13.4. The number of amides is 1. The molecule has 2 heterocycles. The van der Waals surface area contributed by atoms with E-state index in [1.165, 1.54) is 31.4 Å². The largest absolute Gasteiger partial charge is 0.464 e. The second-order valence-electron chi connectivity index (χ2n) is 6.68. The fourth-order valence-electron chi connectivity index (χ4n) is 3.19. The molecule has 1 saturated heterocycles. The molecule has 0 aliphatic carbocycles. The van der Waals surface area contributed by atoms with Crippen molar-refractivity contribution in [3.8, 4) is 0 Å². The smallest absolute Gasteiger partial charge is 0.356 e. The topological polar surface area (TPSA) is 80.8 Å². The Hall–Kier alpha value is -3.00. The summed E-state index contributed by atoms with van der Waals surface area (Å²) >= 11 is 0. The van der Waals surface area contributed by atoms with Crippen molar-refractivity contribution < 1.29 is 23.5 Å². The molecule has 0 bridgehead atoms. The lowest BCUT2D eigenvalue weighted by Gasteiger charge is -2.37. The molecule has 1 aromatic heterocycles. The zero-order valence-corrected chi connectivity index (χ0v) is 15.9. The lowest BCUT2D eigenvalue weighted by molar-refractivity contribution is -0.00539. The third kappa shape index (κ3) is 4.45. The van der Waals surface area contributed by atoms with E-state index in [4.69, 9.17) is 4.74 Å². The van der Waals surface area contributed by atoms with Crippen molar-refractivity contribution in [1.82, 2.24) is 4.98 Å². The maximum atomic E-state index is 14.6.